The second-order valence-corrected chi connectivity index (χ2v) is 6.40. The van der Waals surface area contributed by atoms with Gasteiger partial charge in [-0.05, 0) is 37.3 Å². The summed E-state index contributed by atoms with van der Waals surface area (Å²) in [6.45, 7) is 5.40. The molecule has 7 heteroatoms. The van der Waals surface area contributed by atoms with Gasteiger partial charge in [0.25, 0.3) is 5.91 Å². The molecular weight excluding hydrogens is 332 g/mol. The van der Waals surface area contributed by atoms with E-state index in [4.69, 9.17) is 9.15 Å². The molecule has 0 aliphatic carbocycles. The van der Waals surface area contributed by atoms with Crippen molar-refractivity contribution in [2.24, 2.45) is 0 Å². The topological polar surface area (TPSA) is 72.0 Å². The molecule has 7 nitrogen and oxygen atoms in total. The molecule has 26 heavy (non-hydrogen) atoms. The summed E-state index contributed by atoms with van der Waals surface area (Å²) in [5, 5.41) is 7.27. The van der Waals surface area contributed by atoms with E-state index < -0.39 is 0 Å². The van der Waals surface area contributed by atoms with Gasteiger partial charge in [0.1, 0.15) is 17.2 Å². The van der Waals surface area contributed by atoms with Gasteiger partial charge in [0, 0.05) is 19.6 Å². The van der Waals surface area contributed by atoms with Crippen molar-refractivity contribution in [1.82, 2.24) is 19.8 Å². The monoisotopic (exact) mass is 354 g/mol. The summed E-state index contributed by atoms with van der Waals surface area (Å²) in [5.41, 5.74) is 1.41. The SMILES string of the molecule is Cc1ccc(C(CNC(=O)c2cccc3ccnn23)N2CCOCC2)o1. The molecule has 4 heterocycles. The van der Waals surface area contributed by atoms with Gasteiger partial charge in [-0.3, -0.25) is 9.69 Å². The maximum Gasteiger partial charge on any atom is 0.270 e. The Hall–Kier alpha value is -2.64. The molecule has 1 N–H and O–H groups in total. The van der Waals surface area contributed by atoms with Gasteiger partial charge in [0.2, 0.25) is 0 Å². The largest absolute Gasteiger partial charge is 0.465 e. The molecule has 3 aromatic heterocycles. The lowest BCUT2D eigenvalue weighted by molar-refractivity contribution is 0.0116. The number of fused-ring (bicyclic) bond motifs is 1. The molecule has 1 amide bonds. The van der Waals surface area contributed by atoms with Crippen molar-refractivity contribution < 1.29 is 13.9 Å². The van der Waals surface area contributed by atoms with E-state index in [0.29, 0.717) is 25.5 Å². The molecule has 0 aromatic carbocycles. The van der Waals surface area contributed by atoms with Crippen molar-refractivity contribution >= 4 is 11.4 Å². The zero-order chi connectivity index (χ0) is 17.9. The van der Waals surface area contributed by atoms with Crippen LogP contribution in [0.1, 0.15) is 28.1 Å². The molecule has 1 aliphatic heterocycles. The van der Waals surface area contributed by atoms with Gasteiger partial charge in [-0.15, -0.1) is 0 Å². The highest BCUT2D eigenvalue weighted by Crippen LogP contribution is 2.23. The lowest BCUT2D eigenvalue weighted by atomic mass is 10.1. The quantitative estimate of drug-likeness (QED) is 0.759. The molecule has 0 saturated carbocycles. The molecule has 1 aliphatic rings. The van der Waals surface area contributed by atoms with Crippen LogP contribution in [0, 0.1) is 6.92 Å². The molecule has 4 rings (SSSR count). The first-order valence-electron chi connectivity index (χ1n) is 8.81. The summed E-state index contributed by atoms with van der Waals surface area (Å²) in [5.74, 6) is 1.58. The van der Waals surface area contributed by atoms with E-state index in [2.05, 4.69) is 15.3 Å². The first-order valence-corrected chi connectivity index (χ1v) is 8.81. The zero-order valence-electron chi connectivity index (χ0n) is 14.7. The van der Waals surface area contributed by atoms with Crippen LogP contribution in [0.25, 0.3) is 5.52 Å². The Morgan fingerprint density at radius 3 is 2.85 bits per heavy atom. The van der Waals surface area contributed by atoms with E-state index in [1.165, 1.54) is 0 Å². The minimum Gasteiger partial charge on any atom is -0.465 e. The van der Waals surface area contributed by atoms with Gasteiger partial charge in [-0.25, -0.2) is 4.52 Å². The van der Waals surface area contributed by atoms with Gasteiger partial charge < -0.3 is 14.5 Å². The predicted octanol–water partition coefficient (Wildman–Crippen LogP) is 2.04. The molecular formula is C19H22N4O3. The molecule has 0 radical (unpaired) electrons. The van der Waals surface area contributed by atoms with Crippen LogP contribution in [0.5, 0.6) is 0 Å². The van der Waals surface area contributed by atoms with Crippen LogP contribution >= 0.6 is 0 Å². The number of morpholine rings is 1. The van der Waals surface area contributed by atoms with Gasteiger partial charge in [0.15, 0.2) is 0 Å². The van der Waals surface area contributed by atoms with Crippen molar-refractivity contribution in [2.75, 3.05) is 32.8 Å². The number of aromatic nitrogens is 2. The van der Waals surface area contributed by atoms with Crippen LogP contribution in [0.4, 0.5) is 0 Å². The van der Waals surface area contributed by atoms with Crippen LogP contribution in [0.2, 0.25) is 0 Å². The van der Waals surface area contributed by atoms with Crippen molar-refractivity contribution in [2.45, 2.75) is 13.0 Å². The van der Waals surface area contributed by atoms with E-state index in [0.717, 1.165) is 30.1 Å². The fourth-order valence-electron chi connectivity index (χ4n) is 3.33. The molecule has 1 unspecified atom stereocenters. The molecule has 1 saturated heterocycles. The average Bonchev–Trinajstić information content (AvgIpc) is 3.31. The number of carbonyl (C=O) groups is 1. The van der Waals surface area contributed by atoms with Gasteiger partial charge >= 0.3 is 0 Å². The second kappa shape index (κ2) is 7.31. The normalized spacial score (nSPS) is 16.7. The summed E-state index contributed by atoms with van der Waals surface area (Å²) < 4.78 is 12.9. The van der Waals surface area contributed by atoms with E-state index in [1.807, 2.05) is 37.3 Å². The van der Waals surface area contributed by atoms with Crippen LogP contribution < -0.4 is 5.32 Å². The number of furan rings is 1. The van der Waals surface area contributed by atoms with Crippen LogP contribution in [-0.4, -0.2) is 53.3 Å². The van der Waals surface area contributed by atoms with E-state index >= 15 is 0 Å². The summed E-state index contributed by atoms with van der Waals surface area (Å²) in [7, 11) is 0. The third-order valence-corrected chi connectivity index (χ3v) is 4.69. The number of rotatable bonds is 5. The number of pyridine rings is 1. The summed E-state index contributed by atoms with van der Waals surface area (Å²) in [6, 6.07) is 11.3. The number of aryl methyl sites for hydroxylation is 1. The van der Waals surface area contributed by atoms with Crippen molar-refractivity contribution in [3.63, 3.8) is 0 Å². The minimum atomic E-state index is -0.152. The van der Waals surface area contributed by atoms with Gasteiger partial charge in [-0.2, -0.15) is 5.10 Å². The minimum absolute atomic E-state index is 0.0200. The number of ether oxygens (including phenoxy) is 1. The molecule has 0 bridgehead atoms. The van der Waals surface area contributed by atoms with Crippen LogP contribution in [0.15, 0.2) is 47.0 Å². The maximum atomic E-state index is 12.7. The van der Waals surface area contributed by atoms with Gasteiger partial charge in [0.05, 0.1) is 31.0 Å². The predicted molar refractivity (Wildman–Crippen MR) is 96.1 cm³/mol. The first kappa shape index (κ1) is 16.8. The number of hydrogen-bond acceptors (Lipinski definition) is 5. The lowest BCUT2D eigenvalue weighted by Gasteiger charge is -2.33. The molecule has 1 atom stereocenters. The summed E-state index contributed by atoms with van der Waals surface area (Å²) >= 11 is 0. The number of carbonyl (C=O) groups excluding carboxylic acids is 1. The first-order chi connectivity index (χ1) is 12.7. The van der Waals surface area contributed by atoms with E-state index in [1.54, 1.807) is 16.8 Å². The zero-order valence-corrected chi connectivity index (χ0v) is 14.7. The Balaban J connectivity index is 1.52. The highest BCUT2D eigenvalue weighted by atomic mass is 16.5. The fourth-order valence-corrected chi connectivity index (χ4v) is 3.33. The average molecular weight is 354 g/mol. The van der Waals surface area contributed by atoms with Gasteiger partial charge in [-0.1, -0.05) is 6.07 Å². The van der Waals surface area contributed by atoms with E-state index in [9.17, 15) is 4.79 Å². The summed E-state index contributed by atoms with van der Waals surface area (Å²) in [6.07, 6.45) is 1.69. The molecule has 3 aromatic rings. The highest BCUT2D eigenvalue weighted by Gasteiger charge is 2.26. The number of nitrogens with one attached hydrogen (secondary N) is 1. The Bertz CT molecular complexity index is 895. The van der Waals surface area contributed by atoms with Crippen LogP contribution in [-0.2, 0) is 4.74 Å². The molecule has 1 fully saturated rings. The van der Waals surface area contributed by atoms with Crippen molar-refractivity contribution in [1.29, 1.82) is 0 Å². The maximum absolute atomic E-state index is 12.7. The number of amides is 1. The Morgan fingerprint density at radius 2 is 2.08 bits per heavy atom. The van der Waals surface area contributed by atoms with Crippen molar-refractivity contribution in [3.8, 4) is 0 Å². The third-order valence-electron chi connectivity index (χ3n) is 4.69. The summed E-state index contributed by atoms with van der Waals surface area (Å²) in [4.78, 5) is 15.0. The molecule has 136 valence electrons. The Kier molecular flexibility index (Phi) is 4.73. The van der Waals surface area contributed by atoms with Crippen molar-refractivity contribution in [3.05, 3.63) is 59.8 Å². The fraction of sp³-hybridized carbons (Fsp3) is 0.368. The Labute approximate surface area is 151 Å². The molecule has 0 spiro atoms. The lowest BCUT2D eigenvalue weighted by Crippen LogP contribution is -2.43. The number of hydrogen-bond donors (Lipinski definition) is 1. The standard InChI is InChI=1S/C19H22N4O3/c1-14-5-6-18(26-14)17(22-9-11-25-12-10-22)13-20-19(24)16-4-2-3-15-7-8-21-23(15)16/h2-8,17H,9-13H2,1H3,(H,20,24). The Morgan fingerprint density at radius 1 is 1.23 bits per heavy atom. The highest BCUT2D eigenvalue weighted by molar-refractivity contribution is 5.93. The smallest absolute Gasteiger partial charge is 0.270 e. The third kappa shape index (κ3) is 3.36. The van der Waals surface area contributed by atoms with E-state index in [-0.39, 0.29) is 11.9 Å². The number of nitrogens with zero attached hydrogens (tertiary/aromatic N) is 3. The second-order valence-electron chi connectivity index (χ2n) is 6.40. The van der Waals surface area contributed by atoms with Crippen LogP contribution in [0.3, 0.4) is 0 Å².